The molecule has 1 aliphatic rings. The summed E-state index contributed by atoms with van der Waals surface area (Å²) < 4.78 is 0. The minimum Gasteiger partial charge on any atom is -0.388 e. The van der Waals surface area contributed by atoms with Gasteiger partial charge in [-0.3, -0.25) is 4.98 Å². The van der Waals surface area contributed by atoms with Gasteiger partial charge in [-0.05, 0) is 24.8 Å². The van der Waals surface area contributed by atoms with Crippen molar-refractivity contribution in [2.24, 2.45) is 17.1 Å². The molecule has 1 heterocycles. The molecule has 0 bridgehead atoms. The Kier molecular flexibility index (Phi) is 3.96. The van der Waals surface area contributed by atoms with E-state index in [-0.39, 0.29) is 5.41 Å². The van der Waals surface area contributed by atoms with Crippen LogP contribution in [-0.4, -0.2) is 16.6 Å². The van der Waals surface area contributed by atoms with Gasteiger partial charge in [-0.2, -0.15) is 0 Å². The van der Waals surface area contributed by atoms with Gasteiger partial charge in [0.05, 0.1) is 11.6 Å². The molecule has 3 rings (SSSR count). The molecule has 1 aromatic heterocycles. The fourth-order valence-corrected chi connectivity index (χ4v) is 3.60. The Morgan fingerprint density at radius 1 is 1.29 bits per heavy atom. The second kappa shape index (κ2) is 5.74. The normalized spacial score (nSPS) is 27.7. The fourth-order valence-electron chi connectivity index (χ4n) is 3.60. The molecule has 1 aromatic carbocycles. The van der Waals surface area contributed by atoms with Crippen molar-refractivity contribution in [3.05, 3.63) is 42.1 Å². The first-order chi connectivity index (χ1) is 10.2. The average molecular weight is 284 g/mol. The molecular weight excluding hydrogens is 260 g/mol. The second-order valence-electron chi connectivity index (χ2n) is 6.57. The first-order valence-electron chi connectivity index (χ1n) is 7.88. The molecule has 3 N–H and O–H groups in total. The van der Waals surface area contributed by atoms with E-state index in [4.69, 9.17) is 5.73 Å². The van der Waals surface area contributed by atoms with Gasteiger partial charge in [-0.15, -0.1) is 0 Å². The van der Waals surface area contributed by atoms with Crippen molar-refractivity contribution < 1.29 is 5.11 Å². The lowest BCUT2D eigenvalue weighted by Gasteiger charge is -2.42. The summed E-state index contributed by atoms with van der Waals surface area (Å²) in [6.45, 7) is 2.82. The smallest absolute Gasteiger partial charge is 0.0879 e. The number of aromatic nitrogens is 1. The van der Waals surface area contributed by atoms with Gasteiger partial charge in [0.1, 0.15) is 0 Å². The Morgan fingerprint density at radius 2 is 2.00 bits per heavy atom. The Bertz CT molecular complexity index is 612. The standard InChI is InChI=1S/C18H24N2O/c1-13-7-9-18(12-19,10-8-13)17(21)15-6-2-4-14-5-3-11-20-16(14)15/h2-6,11,13,17,21H,7-10,12,19H2,1H3. The Balaban J connectivity index is 2.01. The molecular formula is C18H24N2O. The maximum Gasteiger partial charge on any atom is 0.0879 e. The molecule has 1 atom stereocenters. The summed E-state index contributed by atoms with van der Waals surface area (Å²) in [6.07, 6.45) is 5.54. The van der Waals surface area contributed by atoms with Gasteiger partial charge in [-0.25, -0.2) is 0 Å². The van der Waals surface area contributed by atoms with Crippen molar-refractivity contribution in [1.29, 1.82) is 0 Å². The quantitative estimate of drug-likeness (QED) is 0.908. The third-order valence-electron chi connectivity index (χ3n) is 5.22. The number of fused-ring (bicyclic) bond motifs is 1. The van der Waals surface area contributed by atoms with E-state index in [1.807, 2.05) is 30.3 Å². The van der Waals surface area contributed by atoms with Crippen molar-refractivity contribution in [2.45, 2.75) is 38.7 Å². The van der Waals surface area contributed by atoms with Crippen molar-refractivity contribution in [2.75, 3.05) is 6.54 Å². The number of hydrogen-bond acceptors (Lipinski definition) is 3. The van der Waals surface area contributed by atoms with Crippen LogP contribution in [-0.2, 0) is 0 Å². The van der Waals surface area contributed by atoms with E-state index < -0.39 is 6.10 Å². The topological polar surface area (TPSA) is 59.1 Å². The number of benzene rings is 1. The molecule has 0 saturated heterocycles. The minimum absolute atomic E-state index is 0.196. The highest BCUT2D eigenvalue weighted by Gasteiger charge is 2.40. The lowest BCUT2D eigenvalue weighted by atomic mass is 9.66. The molecule has 1 unspecified atom stereocenters. The summed E-state index contributed by atoms with van der Waals surface area (Å²) in [4.78, 5) is 4.48. The summed E-state index contributed by atoms with van der Waals surface area (Å²) in [5.74, 6) is 0.738. The zero-order chi connectivity index (χ0) is 14.9. The molecule has 0 aliphatic heterocycles. The van der Waals surface area contributed by atoms with E-state index in [0.29, 0.717) is 6.54 Å². The Labute approximate surface area is 126 Å². The monoisotopic (exact) mass is 284 g/mol. The molecule has 3 heteroatoms. The van der Waals surface area contributed by atoms with Crippen LogP contribution in [0.5, 0.6) is 0 Å². The van der Waals surface area contributed by atoms with Gasteiger partial charge in [-0.1, -0.05) is 44.0 Å². The first-order valence-corrected chi connectivity index (χ1v) is 7.88. The number of aliphatic hydroxyl groups excluding tert-OH is 1. The Hall–Kier alpha value is -1.45. The number of rotatable bonds is 3. The zero-order valence-electron chi connectivity index (χ0n) is 12.6. The number of nitrogens with zero attached hydrogens (tertiary/aromatic N) is 1. The van der Waals surface area contributed by atoms with Gasteiger partial charge in [0.25, 0.3) is 0 Å². The van der Waals surface area contributed by atoms with Crippen LogP contribution in [0.15, 0.2) is 36.5 Å². The summed E-state index contributed by atoms with van der Waals surface area (Å²) in [7, 11) is 0. The maximum atomic E-state index is 11.1. The molecule has 112 valence electrons. The number of nitrogens with two attached hydrogens (primary N) is 1. The fraction of sp³-hybridized carbons (Fsp3) is 0.500. The molecule has 0 spiro atoms. The number of para-hydroxylation sites is 1. The van der Waals surface area contributed by atoms with E-state index in [9.17, 15) is 5.11 Å². The summed E-state index contributed by atoms with van der Waals surface area (Å²) in [6, 6.07) is 10.0. The summed E-state index contributed by atoms with van der Waals surface area (Å²) in [5, 5.41) is 12.1. The van der Waals surface area contributed by atoms with Crippen LogP contribution >= 0.6 is 0 Å². The highest BCUT2D eigenvalue weighted by Crippen LogP contribution is 2.47. The van der Waals surface area contributed by atoms with Crippen molar-refractivity contribution in [3.8, 4) is 0 Å². The van der Waals surface area contributed by atoms with Crippen molar-refractivity contribution in [3.63, 3.8) is 0 Å². The highest BCUT2D eigenvalue weighted by molar-refractivity contribution is 5.81. The SMILES string of the molecule is CC1CCC(CN)(C(O)c2cccc3cccnc23)CC1. The van der Waals surface area contributed by atoms with Gasteiger partial charge in [0, 0.05) is 29.1 Å². The lowest BCUT2D eigenvalue weighted by molar-refractivity contribution is -0.00737. The Morgan fingerprint density at radius 3 is 2.71 bits per heavy atom. The van der Waals surface area contributed by atoms with Crippen LogP contribution in [0.25, 0.3) is 10.9 Å². The van der Waals surface area contributed by atoms with Crippen molar-refractivity contribution in [1.82, 2.24) is 4.98 Å². The number of aliphatic hydroxyl groups is 1. The molecule has 0 amide bonds. The van der Waals surface area contributed by atoms with E-state index >= 15 is 0 Å². The molecule has 1 aliphatic carbocycles. The van der Waals surface area contributed by atoms with Gasteiger partial charge < -0.3 is 10.8 Å². The first kappa shape index (κ1) is 14.5. The molecule has 3 nitrogen and oxygen atoms in total. The van der Waals surface area contributed by atoms with Crippen LogP contribution in [0.2, 0.25) is 0 Å². The van der Waals surface area contributed by atoms with Crippen LogP contribution in [0, 0.1) is 11.3 Å². The zero-order valence-corrected chi connectivity index (χ0v) is 12.6. The molecule has 1 saturated carbocycles. The third kappa shape index (κ3) is 2.56. The second-order valence-corrected chi connectivity index (χ2v) is 6.57. The predicted molar refractivity (Wildman–Crippen MR) is 85.8 cm³/mol. The minimum atomic E-state index is -0.534. The van der Waals surface area contributed by atoms with Crippen LogP contribution in [0.3, 0.4) is 0 Å². The number of pyridine rings is 1. The van der Waals surface area contributed by atoms with Crippen LogP contribution in [0.4, 0.5) is 0 Å². The third-order valence-corrected chi connectivity index (χ3v) is 5.22. The largest absolute Gasteiger partial charge is 0.388 e. The molecule has 0 radical (unpaired) electrons. The van der Waals surface area contributed by atoms with E-state index in [1.165, 1.54) is 0 Å². The summed E-state index contributed by atoms with van der Waals surface area (Å²) >= 11 is 0. The van der Waals surface area contributed by atoms with Gasteiger partial charge >= 0.3 is 0 Å². The van der Waals surface area contributed by atoms with Crippen LogP contribution in [0.1, 0.15) is 44.3 Å². The van der Waals surface area contributed by atoms with Gasteiger partial charge in [0.2, 0.25) is 0 Å². The van der Waals surface area contributed by atoms with Crippen molar-refractivity contribution >= 4 is 10.9 Å². The lowest BCUT2D eigenvalue weighted by Crippen LogP contribution is -2.40. The predicted octanol–water partition coefficient (Wildman–Crippen LogP) is 3.42. The van der Waals surface area contributed by atoms with E-state index in [0.717, 1.165) is 48.1 Å². The molecule has 1 fully saturated rings. The maximum absolute atomic E-state index is 11.1. The van der Waals surface area contributed by atoms with Gasteiger partial charge in [0.15, 0.2) is 0 Å². The van der Waals surface area contributed by atoms with E-state index in [2.05, 4.69) is 11.9 Å². The average Bonchev–Trinajstić information content (AvgIpc) is 2.55. The highest BCUT2D eigenvalue weighted by atomic mass is 16.3. The summed E-state index contributed by atoms with van der Waals surface area (Å²) in [5.41, 5.74) is 7.72. The van der Waals surface area contributed by atoms with E-state index in [1.54, 1.807) is 6.20 Å². The molecule has 2 aromatic rings. The molecule has 21 heavy (non-hydrogen) atoms. The van der Waals surface area contributed by atoms with Crippen LogP contribution < -0.4 is 5.73 Å². The number of hydrogen-bond donors (Lipinski definition) is 2.